The van der Waals surface area contributed by atoms with Gasteiger partial charge in [0.05, 0.1) is 0 Å². The molecule has 0 aliphatic carbocycles. The molecule has 1 aliphatic rings. The zero-order chi connectivity index (χ0) is 15.2. The minimum Gasteiger partial charge on any atom is -0.508 e. The van der Waals surface area contributed by atoms with Gasteiger partial charge in [0.25, 0.3) is 5.91 Å². The molecule has 1 aliphatic heterocycles. The van der Waals surface area contributed by atoms with E-state index >= 15 is 0 Å². The first-order valence-corrected chi connectivity index (χ1v) is 7.52. The van der Waals surface area contributed by atoms with Gasteiger partial charge in [-0.3, -0.25) is 4.79 Å². The average molecular weight is 291 g/mol. The van der Waals surface area contributed by atoms with Crippen LogP contribution in [0.5, 0.6) is 5.75 Å². The molecule has 116 valence electrons. The lowest BCUT2D eigenvalue weighted by Gasteiger charge is -2.33. The number of amides is 1. The van der Waals surface area contributed by atoms with E-state index in [-0.39, 0.29) is 11.7 Å². The number of phenolic OH excluding ortho intramolecular Hbond substituents is 1. The van der Waals surface area contributed by atoms with E-state index in [1.165, 1.54) is 12.1 Å². The monoisotopic (exact) mass is 291 g/mol. The highest BCUT2D eigenvalue weighted by Crippen LogP contribution is 2.09. The predicted molar refractivity (Wildman–Crippen MR) is 83.5 cm³/mol. The average Bonchev–Trinajstić information content (AvgIpc) is 2.48. The van der Waals surface area contributed by atoms with Crippen LogP contribution in [0.3, 0.4) is 0 Å². The molecule has 1 fully saturated rings. The Hall–Kier alpha value is -1.59. The lowest BCUT2D eigenvalue weighted by molar-refractivity contribution is 0.0937. The van der Waals surface area contributed by atoms with Crippen molar-refractivity contribution in [2.45, 2.75) is 6.92 Å². The molecule has 1 atom stereocenters. The molecule has 0 bridgehead atoms. The molecular weight excluding hydrogens is 266 g/mol. The Balaban J connectivity index is 1.72. The van der Waals surface area contributed by atoms with E-state index in [1.54, 1.807) is 12.1 Å². The second-order valence-electron chi connectivity index (χ2n) is 5.97. The third-order valence-electron chi connectivity index (χ3n) is 3.91. The first kappa shape index (κ1) is 15.8. The van der Waals surface area contributed by atoms with Crippen LogP contribution in [0.2, 0.25) is 0 Å². The summed E-state index contributed by atoms with van der Waals surface area (Å²) in [4.78, 5) is 16.8. The topological polar surface area (TPSA) is 55.8 Å². The maximum absolute atomic E-state index is 12.0. The number of rotatable bonds is 5. The number of benzene rings is 1. The lowest BCUT2D eigenvalue weighted by Crippen LogP contribution is -2.46. The molecular formula is C16H25N3O2. The van der Waals surface area contributed by atoms with Gasteiger partial charge >= 0.3 is 0 Å². The molecule has 1 unspecified atom stereocenters. The van der Waals surface area contributed by atoms with E-state index in [4.69, 9.17) is 0 Å². The Morgan fingerprint density at radius 1 is 1.24 bits per heavy atom. The van der Waals surface area contributed by atoms with Gasteiger partial charge in [-0.25, -0.2) is 0 Å². The highest BCUT2D eigenvalue weighted by Gasteiger charge is 2.16. The van der Waals surface area contributed by atoms with Crippen molar-refractivity contribution in [3.8, 4) is 5.75 Å². The van der Waals surface area contributed by atoms with E-state index in [0.717, 1.165) is 32.7 Å². The summed E-state index contributed by atoms with van der Waals surface area (Å²) in [6, 6.07) is 6.33. The first-order chi connectivity index (χ1) is 10.0. The molecule has 1 amide bonds. The second-order valence-corrected chi connectivity index (χ2v) is 5.97. The largest absolute Gasteiger partial charge is 0.508 e. The highest BCUT2D eigenvalue weighted by atomic mass is 16.3. The normalized spacial score (nSPS) is 18.4. The van der Waals surface area contributed by atoms with Crippen LogP contribution in [-0.2, 0) is 0 Å². The number of carbonyl (C=O) groups excluding carboxylic acids is 1. The summed E-state index contributed by atoms with van der Waals surface area (Å²) in [5.74, 6) is 0.518. The third kappa shape index (κ3) is 5.02. The van der Waals surface area contributed by atoms with Gasteiger partial charge in [-0.15, -0.1) is 0 Å². The molecule has 2 N–H and O–H groups in total. The van der Waals surface area contributed by atoms with Gasteiger partial charge in [0, 0.05) is 44.8 Å². The molecule has 1 aromatic carbocycles. The van der Waals surface area contributed by atoms with Crippen molar-refractivity contribution in [3.05, 3.63) is 29.8 Å². The van der Waals surface area contributed by atoms with Crippen LogP contribution in [-0.4, -0.2) is 67.1 Å². The van der Waals surface area contributed by atoms with Crippen molar-refractivity contribution in [2.24, 2.45) is 5.92 Å². The SMILES string of the molecule is CC(CNC(=O)c1ccc(O)cc1)CN1CCN(C)CC1. The molecule has 5 heteroatoms. The smallest absolute Gasteiger partial charge is 0.251 e. The van der Waals surface area contributed by atoms with Gasteiger partial charge in [-0.1, -0.05) is 6.92 Å². The summed E-state index contributed by atoms with van der Waals surface area (Å²) >= 11 is 0. The molecule has 2 rings (SSSR count). The Bertz CT molecular complexity index is 453. The van der Waals surface area contributed by atoms with E-state index < -0.39 is 0 Å². The van der Waals surface area contributed by atoms with Crippen LogP contribution < -0.4 is 5.32 Å². The van der Waals surface area contributed by atoms with Crippen LogP contribution in [0.1, 0.15) is 17.3 Å². The Morgan fingerprint density at radius 2 is 1.86 bits per heavy atom. The lowest BCUT2D eigenvalue weighted by atomic mass is 10.1. The number of phenols is 1. The molecule has 1 aromatic rings. The number of carbonyl (C=O) groups is 1. The number of aromatic hydroxyl groups is 1. The minimum absolute atomic E-state index is 0.0831. The van der Waals surface area contributed by atoms with Gasteiger partial charge in [0.15, 0.2) is 0 Å². The maximum Gasteiger partial charge on any atom is 0.251 e. The molecule has 21 heavy (non-hydrogen) atoms. The minimum atomic E-state index is -0.0831. The van der Waals surface area contributed by atoms with Gasteiger partial charge in [-0.2, -0.15) is 0 Å². The summed E-state index contributed by atoms with van der Waals surface area (Å²) in [6.45, 7) is 8.30. The Morgan fingerprint density at radius 3 is 2.48 bits per heavy atom. The quantitative estimate of drug-likeness (QED) is 0.850. The standard InChI is InChI=1S/C16H25N3O2/c1-13(12-19-9-7-18(2)8-10-19)11-17-16(21)14-3-5-15(20)6-4-14/h3-6,13,20H,7-12H2,1-2H3,(H,17,21). The van der Waals surface area contributed by atoms with Crippen LogP contribution in [0.4, 0.5) is 0 Å². The fourth-order valence-electron chi connectivity index (χ4n) is 2.52. The molecule has 0 radical (unpaired) electrons. The molecule has 0 spiro atoms. The van der Waals surface area contributed by atoms with E-state index in [0.29, 0.717) is 18.0 Å². The third-order valence-corrected chi connectivity index (χ3v) is 3.91. The Kier molecular flexibility index (Phi) is 5.59. The molecule has 0 saturated carbocycles. The number of nitrogens with one attached hydrogen (secondary N) is 1. The van der Waals surface area contributed by atoms with Crippen LogP contribution in [0.25, 0.3) is 0 Å². The highest BCUT2D eigenvalue weighted by molar-refractivity contribution is 5.94. The Labute approximate surface area is 126 Å². The van der Waals surface area contributed by atoms with Crippen LogP contribution >= 0.6 is 0 Å². The number of likely N-dealkylation sites (N-methyl/N-ethyl adjacent to an activating group) is 1. The number of hydrogen-bond donors (Lipinski definition) is 2. The van der Waals surface area contributed by atoms with Gasteiger partial charge in [0.1, 0.15) is 5.75 Å². The zero-order valence-corrected chi connectivity index (χ0v) is 12.9. The predicted octanol–water partition coefficient (Wildman–Crippen LogP) is 1.01. The van der Waals surface area contributed by atoms with Crippen molar-refractivity contribution in [3.63, 3.8) is 0 Å². The van der Waals surface area contributed by atoms with Gasteiger partial charge < -0.3 is 20.2 Å². The van der Waals surface area contributed by atoms with E-state index in [1.807, 2.05) is 0 Å². The zero-order valence-electron chi connectivity index (χ0n) is 12.9. The fraction of sp³-hybridized carbons (Fsp3) is 0.562. The fourth-order valence-corrected chi connectivity index (χ4v) is 2.52. The van der Waals surface area contributed by atoms with Gasteiger partial charge in [0.2, 0.25) is 0 Å². The van der Waals surface area contributed by atoms with Crippen molar-refractivity contribution in [1.82, 2.24) is 15.1 Å². The summed E-state index contributed by atoms with van der Waals surface area (Å²) in [5, 5.41) is 12.2. The number of hydrogen-bond acceptors (Lipinski definition) is 4. The summed E-state index contributed by atoms with van der Waals surface area (Å²) in [5.41, 5.74) is 0.583. The molecule has 5 nitrogen and oxygen atoms in total. The summed E-state index contributed by atoms with van der Waals surface area (Å²) < 4.78 is 0. The molecule has 0 aromatic heterocycles. The molecule has 1 heterocycles. The van der Waals surface area contributed by atoms with Crippen LogP contribution in [0.15, 0.2) is 24.3 Å². The van der Waals surface area contributed by atoms with Crippen molar-refractivity contribution in [1.29, 1.82) is 0 Å². The number of piperazine rings is 1. The van der Waals surface area contributed by atoms with Crippen molar-refractivity contribution >= 4 is 5.91 Å². The maximum atomic E-state index is 12.0. The van der Waals surface area contributed by atoms with E-state index in [2.05, 4.69) is 29.1 Å². The second kappa shape index (κ2) is 7.43. The van der Waals surface area contributed by atoms with E-state index in [9.17, 15) is 9.90 Å². The first-order valence-electron chi connectivity index (χ1n) is 7.52. The summed E-state index contributed by atoms with van der Waals surface area (Å²) in [6.07, 6.45) is 0. The van der Waals surface area contributed by atoms with Crippen molar-refractivity contribution < 1.29 is 9.90 Å². The number of nitrogens with zero attached hydrogens (tertiary/aromatic N) is 2. The van der Waals surface area contributed by atoms with Crippen LogP contribution in [0, 0.1) is 5.92 Å². The van der Waals surface area contributed by atoms with Gasteiger partial charge in [-0.05, 0) is 37.2 Å². The van der Waals surface area contributed by atoms with Crippen molar-refractivity contribution in [2.75, 3.05) is 46.3 Å². The summed E-state index contributed by atoms with van der Waals surface area (Å²) in [7, 11) is 2.15. The molecule has 1 saturated heterocycles.